The van der Waals surface area contributed by atoms with Crippen molar-refractivity contribution < 1.29 is 5.11 Å². The third-order valence-electron chi connectivity index (χ3n) is 5.85. The Morgan fingerprint density at radius 2 is 1.85 bits per heavy atom. The van der Waals surface area contributed by atoms with E-state index >= 15 is 0 Å². The molecule has 1 atom stereocenters. The molecule has 0 bridgehead atoms. The van der Waals surface area contributed by atoms with Gasteiger partial charge < -0.3 is 10.4 Å². The highest BCUT2D eigenvalue weighted by Crippen LogP contribution is 2.35. The maximum absolute atomic E-state index is 10.6. The highest BCUT2D eigenvalue weighted by Gasteiger charge is 2.20. The normalized spacial score (nSPS) is 16.4. The summed E-state index contributed by atoms with van der Waals surface area (Å²) in [5, 5.41) is 15.0. The van der Waals surface area contributed by atoms with Crippen LogP contribution in [-0.4, -0.2) is 21.1 Å². The second kappa shape index (κ2) is 7.55. The number of anilines is 1. The van der Waals surface area contributed by atoms with Gasteiger partial charge >= 0.3 is 0 Å². The number of nitrogens with zero attached hydrogens (tertiary/aromatic N) is 2. The van der Waals surface area contributed by atoms with Gasteiger partial charge in [-0.25, -0.2) is 9.97 Å². The minimum absolute atomic E-state index is 0.252. The van der Waals surface area contributed by atoms with E-state index in [1.165, 1.54) is 32.1 Å². The Morgan fingerprint density at radius 3 is 2.63 bits per heavy atom. The van der Waals surface area contributed by atoms with Crippen molar-refractivity contribution in [3.8, 4) is 16.9 Å². The highest BCUT2D eigenvalue weighted by molar-refractivity contribution is 5.88. The van der Waals surface area contributed by atoms with Crippen molar-refractivity contribution in [3.05, 3.63) is 48.2 Å². The van der Waals surface area contributed by atoms with Crippen LogP contribution < -0.4 is 5.32 Å². The summed E-state index contributed by atoms with van der Waals surface area (Å²) in [5.74, 6) is 1.58. The maximum Gasteiger partial charge on any atom is 0.223 e. The smallest absolute Gasteiger partial charge is 0.223 e. The van der Waals surface area contributed by atoms with Gasteiger partial charge in [-0.1, -0.05) is 43.5 Å². The molecule has 0 radical (unpaired) electrons. The Labute approximate surface area is 160 Å². The number of aromatic hydroxyl groups is 1. The van der Waals surface area contributed by atoms with Crippen LogP contribution in [0.25, 0.3) is 22.0 Å². The molecule has 1 aromatic heterocycles. The van der Waals surface area contributed by atoms with E-state index in [2.05, 4.69) is 35.2 Å². The van der Waals surface area contributed by atoms with Gasteiger partial charge in [-0.05, 0) is 49.8 Å². The molecule has 4 nitrogen and oxygen atoms in total. The van der Waals surface area contributed by atoms with Crippen LogP contribution in [0.2, 0.25) is 0 Å². The van der Waals surface area contributed by atoms with E-state index in [1.807, 2.05) is 30.5 Å². The van der Waals surface area contributed by atoms with Crippen LogP contribution >= 0.6 is 0 Å². The molecular formula is C23H27N3O. The summed E-state index contributed by atoms with van der Waals surface area (Å²) in [5.41, 5.74) is 3.75. The molecule has 27 heavy (non-hydrogen) atoms. The molecule has 4 heteroatoms. The minimum atomic E-state index is 0.252. The Balaban J connectivity index is 1.62. The monoisotopic (exact) mass is 361 g/mol. The molecule has 0 amide bonds. The molecule has 140 valence electrons. The molecule has 1 aliphatic carbocycles. The molecule has 0 aliphatic heterocycles. The summed E-state index contributed by atoms with van der Waals surface area (Å²) in [6.07, 6.45) is 8.41. The Morgan fingerprint density at radius 1 is 1.07 bits per heavy atom. The van der Waals surface area contributed by atoms with Gasteiger partial charge in [-0.2, -0.15) is 0 Å². The van der Waals surface area contributed by atoms with Crippen LogP contribution in [0, 0.1) is 12.8 Å². The summed E-state index contributed by atoms with van der Waals surface area (Å²) in [6.45, 7) is 4.28. The number of aryl methyl sites for hydroxylation is 1. The molecular weight excluding hydrogens is 334 g/mol. The zero-order valence-corrected chi connectivity index (χ0v) is 16.1. The molecule has 0 spiro atoms. The summed E-state index contributed by atoms with van der Waals surface area (Å²) < 4.78 is 0. The average Bonchev–Trinajstić information content (AvgIpc) is 2.69. The van der Waals surface area contributed by atoms with Gasteiger partial charge in [0.15, 0.2) is 0 Å². The van der Waals surface area contributed by atoms with Gasteiger partial charge in [-0.3, -0.25) is 0 Å². The zero-order valence-electron chi connectivity index (χ0n) is 16.1. The van der Waals surface area contributed by atoms with E-state index in [0.717, 1.165) is 27.6 Å². The van der Waals surface area contributed by atoms with Gasteiger partial charge in [-0.15, -0.1) is 0 Å². The minimum Gasteiger partial charge on any atom is -0.507 e. The molecule has 1 fully saturated rings. The van der Waals surface area contributed by atoms with Crippen LogP contribution in [0.3, 0.4) is 0 Å². The van der Waals surface area contributed by atoms with E-state index in [1.54, 1.807) is 6.07 Å². The Hall–Kier alpha value is -2.62. The predicted octanol–water partition coefficient (Wildman–Crippen LogP) is 5.69. The first kappa shape index (κ1) is 17.8. The van der Waals surface area contributed by atoms with Gasteiger partial charge in [0.25, 0.3) is 0 Å². The lowest BCUT2D eigenvalue weighted by molar-refractivity contribution is 0.327. The molecule has 1 heterocycles. The summed E-state index contributed by atoms with van der Waals surface area (Å²) in [4.78, 5) is 9.17. The number of phenolic OH excluding ortho intramolecular Hbond substituents is 1. The average molecular weight is 361 g/mol. The second-order valence-electron chi connectivity index (χ2n) is 7.77. The van der Waals surface area contributed by atoms with E-state index in [4.69, 9.17) is 0 Å². The first-order valence-corrected chi connectivity index (χ1v) is 9.94. The number of fused-ring (bicyclic) bond motifs is 1. The first-order valence-electron chi connectivity index (χ1n) is 9.94. The number of nitrogens with one attached hydrogen (secondary N) is 1. The van der Waals surface area contributed by atoms with E-state index in [-0.39, 0.29) is 5.75 Å². The number of aromatic nitrogens is 2. The van der Waals surface area contributed by atoms with Gasteiger partial charge in [0.1, 0.15) is 5.75 Å². The second-order valence-corrected chi connectivity index (χ2v) is 7.77. The Kier molecular flexibility index (Phi) is 4.97. The van der Waals surface area contributed by atoms with Crippen molar-refractivity contribution >= 4 is 16.9 Å². The number of phenols is 1. The molecule has 3 aromatic rings. The summed E-state index contributed by atoms with van der Waals surface area (Å²) >= 11 is 0. The van der Waals surface area contributed by atoms with Crippen LogP contribution in [0.1, 0.15) is 44.6 Å². The van der Waals surface area contributed by atoms with Crippen molar-refractivity contribution in [2.75, 3.05) is 5.32 Å². The third-order valence-corrected chi connectivity index (χ3v) is 5.85. The highest BCUT2D eigenvalue weighted by atomic mass is 16.3. The fourth-order valence-corrected chi connectivity index (χ4v) is 4.18. The number of hydrogen-bond acceptors (Lipinski definition) is 4. The largest absolute Gasteiger partial charge is 0.507 e. The third kappa shape index (κ3) is 3.75. The number of rotatable bonds is 4. The molecule has 0 unspecified atom stereocenters. The molecule has 2 N–H and O–H groups in total. The Bertz CT molecular complexity index is 948. The van der Waals surface area contributed by atoms with Crippen molar-refractivity contribution in [1.29, 1.82) is 0 Å². The molecule has 1 saturated carbocycles. The first-order chi connectivity index (χ1) is 13.1. The standard InChI is InChI=1S/C23H27N3O/c1-15-8-6-7-11-19(15)20-12-18-14-24-23(26-21(18)13-22(20)27)25-16(2)17-9-4-3-5-10-17/h6-8,11-14,16-17,27H,3-5,9-10H2,1-2H3,(H,24,25,26)/t16-/m0/s1. The molecule has 1 aliphatic rings. The van der Waals surface area contributed by atoms with Crippen molar-refractivity contribution in [3.63, 3.8) is 0 Å². The van der Waals surface area contributed by atoms with E-state index in [0.29, 0.717) is 17.9 Å². The van der Waals surface area contributed by atoms with Gasteiger partial charge in [0.2, 0.25) is 5.95 Å². The fraction of sp³-hybridized carbons (Fsp3) is 0.391. The lowest BCUT2D eigenvalue weighted by Gasteiger charge is -2.28. The SMILES string of the molecule is Cc1ccccc1-c1cc2cnc(N[C@@H](C)C3CCCCC3)nc2cc1O. The van der Waals surface area contributed by atoms with E-state index < -0.39 is 0 Å². The summed E-state index contributed by atoms with van der Waals surface area (Å²) in [7, 11) is 0. The van der Waals surface area contributed by atoms with Crippen molar-refractivity contribution in [2.24, 2.45) is 5.92 Å². The van der Waals surface area contributed by atoms with E-state index in [9.17, 15) is 5.11 Å². The number of hydrogen-bond donors (Lipinski definition) is 2. The van der Waals surface area contributed by atoms with Crippen LogP contribution in [0.5, 0.6) is 5.75 Å². The van der Waals surface area contributed by atoms with Crippen LogP contribution in [0.4, 0.5) is 5.95 Å². The van der Waals surface area contributed by atoms with Crippen LogP contribution in [-0.2, 0) is 0 Å². The summed E-state index contributed by atoms with van der Waals surface area (Å²) in [6, 6.07) is 12.2. The predicted molar refractivity (Wildman–Crippen MR) is 111 cm³/mol. The topological polar surface area (TPSA) is 58.0 Å². The van der Waals surface area contributed by atoms with Crippen molar-refractivity contribution in [2.45, 2.75) is 52.0 Å². The lowest BCUT2D eigenvalue weighted by atomic mass is 9.85. The van der Waals surface area contributed by atoms with Gasteiger partial charge in [0, 0.05) is 29.3 Å². The lowest BCUT2D eigenvalue weighted by Crippen LogP contribution is -2.28. The molecule has 0 saturated heterocycles. The van der Waals surface area contributed by atoms with Crippen LogP contribution in [0.15, 0.2) is 42.6 Å². The molecule has 2 aromatic carbocycles. The quantitative estimate of drug-likeness (QED) is 0.626. The molecule has 4 rings (SSSR count). The fourth-order valence-electron chi connectivity index (χ4n) is 4.18. The number of benzene rings is 2. The maximum atomic E-state index is 10.6. The zero-order chi connectivity index (χ0) is 18.8. The van der Waals surface area contributed by atoms with Crippen molar-refractivity contribution in [1.82, 2.24) is 9.97 Å². The van der Waals surface area contributed by atoms with Gasteiger partial charge in [0.05, 0.1) is 5.52 Å².